The first-order chi connectivity index (χ1) is 11.8. The van der Waals surface area contributed by atoms with Crippen molar-refractivity contribution in [1.29, 1.82) is 0 Å². The molecule has 0 aliphatic carbocycles. The molecular weight excluding hydrogens is 344 g/mol. The maximum Gasteiger partial charge on any atom is 0.426 e. The van der Waals surface area contributed by atoms with Crippen LogP contribution in [0, 0.1) is 0 Å². The fourth-order valence-electron chi connectivity index (χ4n) is 2.24. The van der Waals surface area contributed by atoms with E-state index in [1.807, 2.05) is 12.3 Å². The van der Waals surface area contributed by atoms with Crippen LogP contribution in [-0.2, 0) is 9.47 Å². The van der Waals surface area contributed by atoms with Gasteiger partial charge in [-0.1, -0.05) is 0 Å². The fourth-order valence-corrected chi connectivity index (χ4v) is 2.62. The number of morpholine rings is 1. The van der Waals surface area contributed by atoms with Gasteiger partial charge in [0.05, 0.1) is 18.9 Å². The first kappa shape index (κ1) is 19.3. The Balaban J connectivity index is 2.11. The summed E-state index contributed by atoms with van der Waals surface area (Å²) < 4.78 is 10.5. The van der Waals surface area contributed by atoms with Crippen molar-refractivity contribution in [3.63, 3.8) is 0 Å². The van der Waals surface area contributed by atoms with Gasteiger partial charge in [0.1, 0.15) is 5.60 Å². The van der Waals surface area contributed by atoms with Crippen molar-refractivity contribution in [3.8, 4) is 0 Å². The maximum atomic E-state index is 12.5. The van der Waals surface area contributed by atoms with E-state index >= 15 is 0 Å². The maximum absolute atomic E-state index is 12.5. The molecule has 138 valence electrons. The van der Waals surface area contributed by atoms with E-state index in [2.05, 4.69) is 20.7 Å². The van der Waals surface area contributed by atoms with Crippen molar-refractivity contribution in [3.05, 3.63) is 18.0 Å². The van der Waals surface area contributed by atoms with Crippen molar-refractivity contribution < 1.29 is 19.1 Å². The molecule has 2 heterocycles. The average molecular weight is 368 g/mol. The topological polar surface area (TPSA) is 92.8 Å². The van der Waals surface area contributed by atoms with Crippen molar-refractivity contribution in [1.82, 2.24) is 15.8 Å². The molecule has 0 radical (unpaired) electrons. The highest BCUT2D eigenvalue weighted by Crippen LogP contribution is 2.25. The van der Waals surface area contributed by atoms with Gasteiger partial charge < -0.3 is 14.4 Å². The van der Waals surface area contributed by atoms with Crippen LogP contribution in [0.15, 0.2) is 17.2 Å². The second kappa shape index (κ2) is 8.39. The third-order valence-corrected chi connectivity index (χ3v) is 4.02. The highest BCUT2D eigenvalue weighted by atomic mass is 32.2. The van der Waals surface area contributed by atoms with E-state index in [0.717, 1.165) is 10.6 Å². The third kappa shape index (κ3) is 5.79. The van der Waals surface area contributed by atoms with Gasteiger partial charge in [0.2, 0.25) is 0 Å². The molecule has 25 heavy (non-hydrogen) atoms. The summed E-state index contributed by atoms with van der Waals surface area (Å²) in [6.45, 7) is 7.79. The van der Waals surface area contributed by atoms with E-state index in [1.165, 1.54) is 0 Å². The Labute approximate surface area is 151 Å². The molecular formula is C16H24N4O4S. The molecule has 8 nitrogen and oxygen atoms in total. The minimum absolute atomic E-state index is 0.246. The van der Waals surface area contributed by atoms with Crippen molar-refractivity contribution in [2.24, 2.45) is 0 Å². The predicted octanol–water partition coefficient (Wildman–Crippen LogP) is 1.81. The standard InChI is InChI=1S/C16H24N4O4S/c1-16(2,3)24-15(22)19-18-14(21)13-12(9-11(25-4)10-17-13)20-5-7-23-8-6-20/h9-10H,5-8H2,1-4H3,(H,18,21)(H,19,22). The highest BCUT2D eigenvalue weighted by Gasteiger charge is 2.22. The number of rotatable bonds is 3. The smallest absolute Gasteiger partial charge is 0.426 e. The van der Waals surface area contributed by atoms with Crippen molar-refractivity contribution in [2.45, 2.75) is 31.3 Å². The first-order valence-electron chi connectivity index (χ1n) is 7.96. The third-order valence-electron chi connectivity index (χ3n) is 3.32. The zero-order valence-corrected chi connectivity index (χ0v) is 15.7. The quantitative estimate of drug-likeness (QED) is 0.621. The number of pyridine rings is 1. The van der Waals surface area contributed by atoms with Crippen molar-refractivity contribution in [2.75, 3.05) is 37.5 Å². The molecule has 0 spiro atoms. The number of carbonyl (C=O) groups excluding carboxylic acids is 2. The fraction of sp³-hybridized carbons (Fsp3) is 0.562. The van der Waals surface area contributed by atoms with Gasteiger partial charge in [0.25, 0.3) is 5.91 Å². The van der Waals surface area contributed by atoms with Crippen LogP contribution in [0.25, 0.3) is 0 Å². The van der Waals surface area contributed by atoms with Crippen LogP contribution < -0.4 is 15.8 Å². The molecule has 0 aromatic carbocycles. The van der Waals surface area contributed by atoms with E-state index < -0.39 is 17.6 Å². The van der Waals surface area contributed by atoms with Gasteiger partial charge in [0, 0.05) is 24.2 Å². The van der Waals surface area contributed by atoms with Crippen LogP contribution in [0.2, 0.25) is 0 Å². The molecule has 9 heteroatoms. The van der Waals surface area contributed by atoms with Gasteiger partial charge in [-0.2, -0.15) is 0 Å². The lowest BCUT2D eigenvalue weighted by Gasteiger charge is -2.30. The van der Waals surface area contributed by atoms with Gasteiger partial charge >= 0.3 is 6.09 Å². The Hall–Kier alpha value is -2.00. The molecule has 1 aromatic rings. The van der Waals surface area contributed by atoms with Crippen LogP contribution >= 0.6 is 11.8 Å². The average Bonchev–Trinajstić information content (AvgIpc) is 2.58. The number of nitrogens with zero attached hydrogens (tertiary/aromatic N) is 2. The number of ether oxygens (including phenoxy) is 2. The normalized spacial score (nSPS) is 14.8. The summed E-state index contributed by atoms with van der Waals surface area (Å²) in [7, 11) is 0. The van der Waals surface area contributed by atoms with Crippen LogP contribution in [0.1, 0.15) is 31.3 Å². The number of hydrazine groups is 1. The Morgan fingerprint density at radius 1 is 1.28 bits per heavy atom. The number of hydrogen-bond acceptors (Lipinski definition) is 7. The molecule has 1 aliphatic rings. The molecule has 0 saturated carbocycles. The summed E-state index contributed by atoms with van der Waals surface area (Å²) in [5.74, 6) is -0.500. The van der Waals surface area contributed by atoms with Gasteiger partial charge in [-0.3, -0.25) is 10.2 Å². The zero-order chi connectivity index (χ0) is 18.4. The van der Waals surface area contributed by atoms with Gasteiger partial charge in [0.15, 0.2) is 5.69 Å². The van der Waals surface area contributed by atoms with E-state index in [-0.39, 0.29) is 5.69 Å². The predicted molar refractivity (Wildman–Crippen MR) is 95.9 cm³/mol. The number of anilines is 1. The Kier molecular flexibility index (Phi) is 6.49. The molecule has 2 N–H and O–H groups in total. The van der Waals surface area contributed by atoms with E-state index in [9.17, 15) is 9.59 Å². The molecule has 0 unspecified atom stereocenters. The molecule has 1 fully saturated rings. The second-order valence-corrected chi connectivity index (χ2v) is 7.30. The van der Waals surface area contributed by atoms with Crippen LogP contribution in [-0.4, -0.2) is 55.1 Å². The van der Waals surface area contributed by atoms with Crippen LogP contribution in [0.3, 0.4) is 0 Å². The highest BCUT2D eigenvalue weighted by molar-refractivity contribution is 7.98. The van der Waals surface area contributed by atoms with Gasteiger partial charge in [-0.25, -0.2) is 15.2 Å². The van der Waals surface area contributed by atoms with E-state index in [1.54, 1.807) is 38.7 Å². The monoisotopic (exact) mass is 368 g/mol. The molecule has 0 bridgehead atoms. The first-order valence-corrected chi connectivity index (χ1v) is 9.18. The van der Waals surface area contributed by atoms with Gasteiger partial charge in [-0.05, 0) is 33.1 Å². The SMILES string of the molecule is CSc1cnc(C(=O)NNC(=O)OC(C)(C)C)c(N2CCOCC2)c1. The molecule has 1 aromatic heterocycles. The minimum atomic E-state index is -0.727. The van der Waals surface area contributed by atoms with Gasteiger partial charge in [-0.15, -0.1) is 11.8 Å². The number of amides is 2. The lowest BCUT2D eigenvalue weighted by Crippen LogP contribution is -2.45. The summed E-state index contributed by atoms with van der Waals surface area (Å²) in [4.78, 5) is 31.4. The summed E-state index contributed by atoms with van der Waals surface area (Å²) in [5.41, 5.74) is 4.91. The summed E-state index contributed by atoms with van der Waals surface area (Å²) in [5, 5.41) is 0. The Morgan fingerprint density at radius 3 is 2.56 bits per heavy atom. The van der Waals surface area contributed by atoms with E-state index in [4.69, 9.17) is 9.47 Å². The lowest BCUT2D eigenvalue weighted by molar-refractivity contribution is 0.0483. The summed E-state index contributed by atoms with van der Waals surface area (Å²) >= 11 is 1.55. The molecule has 2 amide bonds. The molecule has 1 saturated heterocycles. The summed E-state index contributed by atoms with van der Waals surface area (Å²) in [6.07, 6.45) is 2.86. The minimum Gasteiger partial charge on any atom is -0.443 e. The van der Waals surface area contributed by atoms with E-state index in [0.29, 0.717) is 26.3 Å². The number of aromatic nitrogens is 1. The Morgan fingerprint density at radius 2 is 1.96 bits per heavy atom. The number of nitrogens with one attached hydrogen (secondary N) is 2. The van der Waals surface area contributed by atoms with Crippen molar-refractivity contribution >= 4 is 29.4 Å². The molecule has 0 atom stereocenters. The van der Waals surface area contributed by atoms with Crippen LogP contribution in [0.5, 0.6) is 0 Å². The number of thioether (sulfide) groups is 1. The van der Waals surface area contributed by atoms with Crippen LogP contribution in [0.4, 0.5) is 10.5 Å². The number of hydrogen-bond donors (Lipinski definition) is 2. The molecule has 2 rings (SSSR count). The molecule has 1 aliphatic heterocycles. The summed E-state index contributed by atoms with van der Waals surface area (Å²) in [6, 6.07) is 1.92. The number of carbonyl (C=O) groups is 2. The Bertz CT molecular complexity index is 627. The zero-order valence-electron chi connectivity index (χ0n) is 14.9. The largest absolute Gasteiger partial charge is 0.443 e. The lowest BCUT2D eigenvalue weighted by atomic mass is 10.2. The second-order valence-electron chi connectivity index (χ2n) is 6.42.